The molecular weight excluding hydrogens is 311 g/mol. The summed E-state index contributed by atoms with van der Waals surface area (Å²) in [4.78, 5) is 0.0914. The zero-order chi connectivity index (χ0) is 16.1. The van der Waals surface area contributed by atoms with Gasteiger partial charge in [0, 0.05) is 23.4 Å². The molecule has 1 aromatic rings. The molecule has 1 rings (SSSR count). The molecular formula is C14H23FN2O2S2. The standard InChI is InChI=1S/C14H23FN2O2S2/c1-5-16-9-11-8-12(6-7-13(11)15)21(18,19)17-10-14(2,3)20-4/h6-8,16-17H,5,9-10H2,1-4H3. The summed E-state index contributed by atoms with van der Waals surface area (Å²) in [5.41, 5.74) is 0.351. The fourth-order valence-corrected chi connectivity index (χ4v) is 3.11. The lowest BCUT2D eigenvalue weighted by Crippen LogP contribution is -2.36. The molecule has 0 aliphatic heterocycles. The van der Waals surface area contributed by atoms with E-state index in [-0.39, 0.29) is 9.64 Å². The lowest BCUT2D eigenvalue weighted by molar-refractivity contribution is 0.567. The molecule has 0 saturated carbocycles. The Kier molecular flexibility index (Phi) is 6.65. The molecule has 0 amide bonds. The van der Waals surface area contributed by atoms with E-state index in [2.05, 4.69) is 10.0 Å². The fraction of sp³-hybridized carbons (Fsp3) is 0.571. The Balaban J connectivity index is 2.93. The molecule has 1 aromatic carbocycles. The highest BCUT2D eigenvalue weighted by atomic mass is 32.2. The molecule has 0 radical (unpaired) electrons. The Bertz CT molecular complexity index is 574. The summed E-state index contributed by atoms with van der Waals surface area (Å²) in [5.74, 6) is -0.403. The van der Waals surface area contributed by atoms with Gasteiger partial charge in [-0.3, -0.25) is 0 Å². The van der Waals surface area contributed by atoms with Crippen LogP contribution in [0.3, 0.4) is 0 Å². The van der Waals surface area contributed by atoms with Crippen molar-refractivity contribution in [2.45, 2.75) is 37.0 Å². The number of benzene rings is 1. The van der Waals surface area contributed by atoms with Gasteiger partial charge in [-0.2, -0.15) is 11.8 Å². The zero-order valence-electron chi connectivity index (χ0n) is 12.9. The molecule has 2 N–H and O–H groups in total. The van der Waals surface area contributed by atoms with Gasteiger partial charge in [-0.05, 0) is 44.8 Å². The number of halogens is 1. The molecule has 21 heavy (non-hydrogen) atoms. The molecule has 0 spiro atoms. The van der Waals surface area contributed by atoms with Crippen LogP contribution in [0.4, 0.5) is 4.39 Å². The maximum atomic E-state index is 13.7. The summed E-state index contributed by atoms with van der Waals surface area (Å²) in [6.07, 6.45) is 1.93. The van der Waals surface area contributed by atoms with Crippen LogP contribution in [0.5, 0.6) is 0 Å². The van der Waals surface area contributed by atoms with E-state index in [1.165, 1.54) is 18.2 Å². The van der Waals surface area contributed by atoms with Crippen LogP contribution < -0.4 is 10.0 Å². The van der Waals surface area contributed by atoms with E-state index in [1.54, 1.807) is 11.8 Å². The molecule has 0 aromatic heterocycles. The number of thioether (sulfide) groups is 1. The summed E-state index contributed by atoms with van der Waals surface area (Å²) in [6, 6.07) is 3.87. The molecule has 0 heterocycles. The largest absolute Gasteiger partial charge is 0.313 e. The summed E-state index contributed by atoms with van der Waals surface area (Å²) in [6.45, 7) is 7.14. The molecule has 0 bridgehead atoms. The van der Waals surface area contributed by atoms with Crippen molar-refractivity contribution in [3.8, 4) is 0 Å². The molecule has 4 nitrogen and oxygen atoms in total. The maximum Gasteiger partial charge on any atom is 0.240 e. The Morgan fingerprint density at radius 2 is 2.00 bits per heavy atom. The molecule has 0 fully saturated rings. The lowest BCUT2D eigenvalue weighted by atomic mass is 10.2. The number of rotatable bonds is 8. The second-order valence-corrected chi connectivity index (χ2v) is 8.60. The third-order valence-electron chi connectivity index (χ3n) is 3.13. The Morgan fingerprint density at radius 3 is 2.57 bits per heavy atom. The van der Waals surface area contributed by atoms with Crippen molar-refractivity contribution >= 4 is 21.8 Å². The molecule has 0 unspecified atom stereocenters. The zero-order valence-corrected chi connectivity index (χ0v) is 14.5. The first kappa shape index (κ1) is 18.4. The van der Waals surface area contributed by atoms with Gasteiger partial charge in [0.1, 0.15) is 5.82 Å². The first-order chi connectivity index (χ1) is 9.72. The van der Waals surface area contributed by atoms with Crippen molar-refractivity contribution in [2.24, 2.45) is 0 Å². The second-order valence-electron chi connectivity index (χ2n) is 5.32. The van der Waals surface area contributed by atoms with Crippen LogP contribution in [0.2, 0.25) is 0 Å². The van der Waals surface area contributed by atoms with Crippen LogP contribution in [0, 0.1) is 5.82 Å². The Hall–Kier alpha value is -0.630. The monoisotopic (exact) mass is 334 g/mol. The van der Waals surface area contributed by atoms with Gasteiger partial charge >= 0.3 is 0 Å². The first-order valence-electron chi connectivity index (χ1n) is 6.76. The van der Waals surface area contributed by atoms with Crippen LogP contribution in [0.1, 0.15) is 26.3 Å². The van der Waals surface area contributed by atoms with Gasteiger partial charge < -0.3 is 5.32 Å². The average Bonchev–Trinajstić information content (AvgIpc) is 2.44. The van der Waals surface area contributed by atoms with Gasteiger partial charge in [-0.25, -0.2) is 17.5 Å². The molecule has 0 atom stereocenters. The summed E-state index contributed by atoms with van der Waals surface area (Å²) >= 11 is 1.58. The normalized spacial score (nSPS) is 12.6. The first-order valence-corrected chi connectivity index (χ1v) is 9.46. The van der Waals surface area contributed by atoms with Crippen LogP contribution >= 0.6 is 11.8 Å². The molecule has 7 heteroatoms. The molecule has 0 aliphatic rings. The molecule has 0 aliphatic carbocycles. The van der Waals surface area contributed by atoms with Crippen molar-refractivity contribution in [2.75, 3.05) is 19.3 Å². The van der Waals surface area contributed by atoms with E-state index in [0.717, 1.165) is 0 Å². The Labute approximate surface area is 131 Å². The van der Waals surface area contributed by atoms with E-state index in [0.29, 0.717) is 25.2 Å². The SMILES string of the molecule is CCNCc1cc(S(=O)(=O)NCC(C)(C)SC)ccc1F. The maximum absolute atomic E-state index is 13.7. The summed E-state index contributed by atoms with van der Waals surface area (Å²) in [5, 5.41) is 2.99. The van der Waals surface area contributed by atoms with E-state index in [4.69, 9.17) is 0 Å². The topological polar surface area (TPSA) is 58.2 Å². The van der Waals surface area contributed by atoms with Gasteiger partial charge in [-0.1, -0.05) is 6.92 Å². The van der Waals surface area contributed by atoms with Gasteiger partial charge in [-0.15, -0.1) is 0 Å². The number of sulfonamides is 1. The number of hydrogen-bond acceptors (Lipinski definition) is 4. The summed E-state index contributed by atoms with van der Waals surface area (Å²) in [7, 11) is -3.63. The quantitative estimate of drug-likeness (QED) is 0.766. The van der Waals surface area contributed by atoms with Gasteiger partial charge in [0.15, 0.2) is 0 Å². The third kappa shape index (κ3) is 5.58. The minimum absolute atomic E-state index is 0.0914. The van der Waals surface area contributed by atoms with Gasteiger partial charge in [0.25, 0.3) is 0 Å². The molecule has 120 valence electrons. The van der Waals surface area contributed by atoms with Crippen molar-refractivity contribution < 1.29 is 12.8 Å². The highest BCUT2D eigenvalue weighted by Crippen LogP contribution is 2.21. The van der Waals surface area contributed by atoms with Crippen molar-refractivity contribution in [3.63, 3.8) is 0 Å². The third-order valence-corrected chi connectivity index (χ3v) is 5.78. The van der Waals surface area contributed by atoms with Crippen molar-refractivity contribution in [1.29, 1.82) is 0 Å². The van der Waals surface area contributed by atoms with Gasteiger partial charge in [0.2, 0.25) is 10.0 Å². The number of hydrogen-bond donors (Lipinski definition) is 2. The minimum Gasteiger partial charge on any atom is -0.313 e. The predicted octanol–water partition coefficient (Wildman–Crippen LogP) is 2.36. The van der Waals surface area contributed by atoms with Crippen molar-refractivity contribution in [1.82, 2.24) is 10.0 Å². The minimum atomic E-state index is -3.63. The Morgan fingerprint density at radius 1 is 1.33 bits per heavy atom. The average molecular weight is 334 g/mol. The predicted molar refractivity (Wildman–Crippen MR) is 86.6 cm³/mol. The smallest absolute Gasteiger partial charge is 0.240 e. The van der Waals surface area contributed by atoms with E-state index >= 15 is 0 Å². The van der Waals surface area contributed by atoms with Crippen LogP contribution in [-0.4, -0.2) is 32.5 Å². The lowest BCUT2D eigenvalue weighted by Gasteiger charge is -2.22. The highest BCUT2D eigenvalue weighted by molar-refractivity contribution is 8.00. The van der Waals surface area contributed by atoms with Crippen LogP contribution in [0.25, 0.3) is 0 Å². The second kappa shape index (κ2) is 7.58. The fourth-order valence-electron chi connectivity index (χ4n) is 1.54. The van der Waals surface area contributed by atoms with E-state index < -0.39 is 15.8 Å². The van der Waals surface area contributed by atoms with E-state index in [1.807, 2.05) is 27.0 Å². The van der Waals surface area contributed by atoms with Crippen molar-refractivity contribution in [3.05, 3.63) is 29.6 Å². The highest BCUT2D eigenvalue weighted by Gasteiger charge is 2.22. The molecule has 0 saturated heterocycles. The number of nitrogens with one attached hydrogen (secondary N) is 2. The van der Waals surface area contributed by atoms with Crippen LogP contribution in [-0.2, 0) is 16.6 Å². The summed E-state index contributed by atoms with van der Waals surface area (Å²) < 4.78 is 40.6. The van der Waals surface area contributed by atoms with E-state index in [9.17, 15) is 12.8 Å². The van der Waals surface area contributed by atoms with Gasteiger partial charge in [0.05, 0.1) is 4.90 Å². The van der Waals surface area contributed by atoms with Crippen LogP contribution in [0.15, 0.2) is 23.1 Å².